The van der Waals surface area contributed by atoms with Crippen LogP contribution in [0, 0.1) is 23.3 Å². The number of carbonyl (C=O) groups excluding carboxylic acids is 1. The minimum atomic E-state index is -1.77. The van der Waals surface area contributed by atoms with Crippen molar-refractivity contribution < 1.29 is 27.2 Å². The van der Waals surface area contributed by atoms with Crippen LogP contribution in [-0.4, -0.2) is 35.0 Å². The van der Waals surface area contributed by atoms with E-state index >= 15 is 0 Å². The summed E-state index contributed by atoms with van der Waals surface area (Å²) in [4.78, 5) is 24.6. The lowest BCUT2D eigenvalue weighted by Crippen LogP contribution is -2.43. The molecular weight excluding hydrogens is 370 g/mol. The number of hydroxylamine groups is 1. The number of benzene rings is 1. The molecule has 0 spiro atoms. The number of anilines is 1. The van der Waals surface area contributed by atoms with Gasteiger partial charge in [0.15, 0.2) is 11.6 Å². The third-order valence-corrected chi connectivity index (χ3v) is 4.04. The fraction of sp³-hybridized carbons (Fsp3) is 0.312. The first-order chi connectivity index (χ1) is 12.9. The Labute approximate surface area is 151 Å². The van der Waals surface area contributed by atoms with Crippen LogP contribution in [0.5, 0.6) is 5.75 Å². The highest BCUT2D eigenvalue weighted by molar-refractivity contribution is 5.92. The molecule has 1 aliphatic rings. The van der Waals surface area contributed by atoms with Gasteiger partial charge in [-0.15, -0.1) is 0 Å². The van der Waals surface area contributed by atoms with Gasteiger partial charge in [-0.2, -0.15) is 14.3 Å². The molecule has 1 unspecified atom stereocenters. The third-order valence-electron chi connectivity index (χ3n) is 4.04. The molecule has 1 amide bonds. The summed E-state index contributed by atoms with van der Waals surface area (Å²) in [5, 5.41) is 0. The van der Waals surface area contributed by atoms with Crippen LogP contribution in [0.2, 0.25) is 0 Å². The van der Waals surface area contributed by atoms with Crippen molar-refractivity contribution in [2.75, 3.05) is 18.0 Å². The first kappa shape index (κ1) is 18.8. The number of rotatable bonds is 4. The Morgan fingerprint density at radius 2 is 1.78 bits per heavy atom. The number of aromatic nitrogens is 2. The Hall–Kier alpha value is -2.95. The van der Waals surface area contributed by atoms with Crippen LogP contribution in [0.1, 0.15) is 23.2 Å². The Balaban J connectivity index is 1.86. The third kappa shape index (κ3) is 3.77. The second kappa shape index (κ2) is 7.74. The quantitative estimate of drug-likeness (QED) is 0.473. The van der Waals surface area contributed by atoms with Crippen molar-refractivity contribution >= 4 is 11.6 Å². The summed E-state index contributed by atoms with van der Waals surface area (Å²) in [5.41, 5.74) is 6.50. The average molecular weight is 385 g/mol. The maximum atomic E-state index is 14.4. The van der Waals surface area contributed by atoms with Gasteiger partial charge in [0.1, 0.15) is 12.0 Å². The second-order valence-corrected chi connectivity index (χ2v) is 5.94. The summed E-state index contributed by atoms with van der Waals surface area (Å²) in [7, 11) is 0. The smallest absolute Gasteiger partial charge is 0.287 e. The van der Waals surface area contributed by atoms with E-state index in [1.807, 2.05) is 0 Å². The topological polar surface area (TPSA) is 93.4 Å². The number of halogens is 4. The number of piperidine rings is 1. The molecule has 0 aliphatic carbocycles. The largest absolute Gasteiger partial charge is 0.373 e. The molecule has 0 radical (unpaired) electrons. The van der Waals surface area contributed by atoms with Crippen LogP contribution in [0.3, 0.4) is 0 Å². The molecule has 2 heterocycles. The van der Waals surface area contributed by atoms with Gasteiger partial charge in [0.25, 0.3) is 5.91 Å². The van der Waals surface area contributed by atoms with Crippen molar-refractivity contribution in [3.8, 4) is 5.75 Å². The molecule has 11 heteroatoms. The van der Waals surface area contributed by atoms with Gasteiger partial charge in [-0.25, -0.2) is 18.7 Å². The van der Waals surface area contributed by atoms with Crippen LogP contribution >= 0.6 is 0 Å². The van der Waals surface area contributed by atoms with E-state index in [-0.39, 0.29) is 24.7 Å². The molecule has 1 atom stereocenters. The highest BCUT2D eigenvalue weighted by Crippen LogP contribution is 2.36. The number of amides is 1. The van der Waals surface area contributed by atoms with Gasteiger partial charge in [0, 0.05) is 31.5 Å². The highest BCUT2D eigenvalue weighted by Gasteiger charge is 2.32. The summed E-state index contributed by atoms with van der Waals surface area (Å²) >= 11 is 0. The van der Waals surface area contributed by atoms with Crippen LogP contribution in [-0.2, 0) is 0 Å². The fourth-order valence-corrected chi connectivity index (χ4v) is 2.75. The van der Waals surface area contributed by atoms with E-state index < -0.39 is 40.6 Å². The molecule has 1 aliphatic heterocycles. The van der Waals surface area contributed by atoms with Crippen molar-refractivity contribution in [3.63, 3.8) is 0 Å². The number of nitrogens with two attached hydrogens (primary N) is 1. The Bertz CT molecular complexity index is 823. The van der Waals surface area contributed by atoms with E-state index in [9.17, 15) is 22.4 Å². The Morgan fingerprint density at radius 3 is 2.37 bits per heavy atom. The van der Waals surface area contributed by atoms with E-state index in [0.717, 1.165) is 23.6 Å². The molecule has 0 bridgehead atoms. The molecule has 1 fully saturated rings. The first-order valence-electron chi connectivity index (χ1n) is 7.98. The predicted molar refractivity (Wildman–Crippen MR) is 85.8 cm³/mol. The molecule has 3 N–H and O–H groups in total. The average Bonchev–Trinajstić information content (AvgIpc) is 2.67. The number of hydrogen-bond acceptors (Lipinski definition) is 6. The van der Waals surface area contributed by atoms with Crippen LogP contribution in [0.15, 0.2) is 18.7 Å². The molecule has 3 rings (SSSR count). The summed E-state index contributed by atoms with van der Waals surface area (Å²) in [6, 6.07) is -0.369. The normalized spacial score (nSPS) is 16.9. The van der Waals surface area contributed by atoms with Crippen molar-refractivity contribution in [1.29, 1.82) is 0 Å². The van der Waals surface area contributed by atoms with Crippen LogP contribution in [0.4, 0.5) is 23.2 Å². The lowest BCUT2D eigenvalue weighted by Gasteiger charge is -2.33. The lowest BCUT2D eigenvalue weighted by atomic mass is 10.1. The lowest BCUT2D eigenvalue weighted by molar-refractivity contribution is 0.0737. The number of hydrogen-bond donors (Lipinski definition) is 2. The Morgan fingerprint density at radius 1 is 1.15 bits per heavy atom. The van der Waals surface area contributed by atoms with E-state index in [2.05, 4.69) is 14.8 Å². The standard InChI is InChI=1S/C16H15F4N5O2/c17-10-12(19)15(27-24-16(26)8-4-22-7-23-5-8)13(20)11(18)14(10)25-3-1-2-9(21)6-25/h4-5,7,9H,1-3,6,21H2,(H,24,26). The summed E-state index contributed by atoms with van der Waals surface area (Å²) in [5.74, 6) is -9.16. The molecule has 144 valence electrons. The van der Waals surface area contributed by atoms with Gasteiger partial charge in [-0.05, 0) is 12.8 Å². The van der Waals surface area contributed by atoms with E-state index in [4.69, 9.17) is 5.73 Å². The predicted octanol–water partition coefficient (Wildman–Crippen LogP) is 1.68. The maximum absolute atomic E-state index is 14.4. The second-order valence-electron chi connectivity index (χ2n) is 5.94. The summed E-state index contributed by atoms with van der Waals surface area (Å²) in [6.07, 6.45) is 4.55. The van der Waals surface area contributed by atoms with Crippen LogP contribution in [0.25, 0.3) is 0 Å². The van der Waals surface area contributed by atoms with Gasteiger partial charge in [-0.1, -0.05) is 0 Å². The zero-order valence-corrected chi connectivity index (χ0v) is 13.9. The summed E-state index contributed by atoms with van der Waals surface area (Å²) in [6.45, 7) is 0.253. The maximum Gasteiger partial charge on any atom is 0.287 e. The number of nitrogens with one attached hydrogen (secondary N) is 1. The molecular formula is C16H15F4N5O2. The van der Waals surface area contributed by atoms with Crippen LogP contribution < -0.4 is 21.0 Å². The van der Waals surface area contributed by atoms with Crippen molar-refractivity contribution in [1.82, 2.24) is 15.4 Å². The highest BCUT2D eigenvalue weighted by atomic mass is 19.2. The fourth-order valence-electron chi connectivity index (χ4n) is 2.75. The molecule has 1 aromatic carbocycles. The van der Waals surface area contributed by atoms with Gasteiger partial charge < -0.3 is 15.5 Å². The Kier molecular flexibility index (Phi) is 5.40. The molecule has 27 heavy (non-hydrogen) atoms. The molecule has 0 saturated carbocycles. The van der Waals surface area contributed by atoms with Crippen molar-refractivity contribution in [2.24, 2.45) is 5.73 Å². The number of nitrogens with zero attached hydrogens (tertiary/aromatic N) is 3. The monoisotopic (exact) mass is 385 g/mol. The molecule has 1 saturated heterocycles. The first-order valence-corrected chi connectivity index (χ1v) is 7.98. The SMILES string of the molecule is NC1CCCN(c2c(F)c(F)c(ONC(=O)c3cncnc3)c(F)c2F)C1. The molecule has 7 nitrogen and oxygen atoms in total. The van der Waals surface area contributed by atoms with Gasteiger partial charge in [0.2, 0.25) is 17.4 Å². The van der Waals surface area contributed by atoms with E-state index in [1.54, 1.807) is 5.48 Å². The minimum absolute atomic E-state index is 0.0532. The van der Waals surface area contributed by atoms with E-state index in [1.165, 1.54) is 0 Å². The molecule has 1 aromatic heterocycles. The van der Waals surface area contributed by atoms with Crippen molar-refractivity contribution in [2.45, 2.75) is 18.9 Å². The zero-order valence-electron chi connectivity index (χ0n) is 13.9. The zero-order chi connectivity index (χ0) is 19.6. The summed E-state index contributed by atoms with van der Waals surface area (Å²) < 4.78 is 57.3. The van der Waals surface area contributed by atoms with E-state index in [0.29, 0.717) is 12.8 Å². The van der Waals surface area contributed by atoms with Crippen molar-refractivity contribution in [3.05, 3.63) is 47.6 Å². The number of carbonyl (C=O) groups is 1. The van der Waals surface area contributed by atoms with Gasteiger partial charge in [0.05, 0.1) is 5.56 Å². The van der Waals surface area contributed by atoms with Gasteiger partial charge in [-0.3, -0.25) is 4.79 Å². The minimum Gasteiger partial charge on any atom is -0.373 e. The van der Waals surface area contributed by atoms with Gasteiger partial charge >= 0.3 is 0 Å². The molecule has 2 aromatic rings.